The molecule has 378 valence electrons. The topological polar surface area (TPSA) is 185 Å². The van der Waals surface area contributed by atoms with Gasteiger partial charge in [-0.3, -0.25) is 14.4 Å². The first-order valence-electron chi connectivity index (χ1n) is 24.7. The van der Waals surface area contributed by atoms with Gasteiger partial charge in [-0.05, 0) is 130 Å². The van der Waals surface area contributed by atoms with Crippen molar-refractivity contribution in [3.05, 3.63) is 0 Å². The quantitative estimate of drug-likeness (QED) is 0.0479. The summed E-state index contributed by atoms with van der Waals surface area (Å²) in [6.45, 7) is 20.1. The summed E-state index contributed by atoms with van der Waals surface area (Å²) < 4.78 is 47.5. The van der Waals surface area contributed by atoms with E-state index in [0.29, 0.717) is 0 Å². The fourth-order valence-electron chi connectivity index (χ4n) is 7.43. The first-order chi connectivity index (χ1) is 30.8. The largest absolute Gasteiger partial charge is 0.463 e. The summed E-state index contributed by atoms with van der Waals surface area (Å²) in [7, 11) is 0. The standard InChI is InChI=1S/C18H32O5.2C16H28O5/c1-5-17(3,4)16(20)22-13-12-21-14-15(19)23-18(6-2)10-8-7-9-11-18;2*1-4-13(2)15(18)20-11-10-19-12-14(17)21-16(3)8-6-5-7-9-16/h5-14H2,1-4H3;2*13H,4-12H2,1-3H3. The number of ether oxygens (including phenoxy) is 9. The van der Waals surface area contributed by atoms with E-state index >= 15 is 0 Å². The van der Waals surface area contributed by atoms with Gasteiger partial charge in [-0.1, -0.05) is 60.8 Å². The van der Waals surface area contributed by atoms with E-state index in [1.165, 1.54) is 19.3 Å². The number of esters is 6. The van der Waals surface area contributed by atoms with E-state index in [0.717, 1.165) is 103 Å². The maximum atomic E-state index is 11.9. The van der Waals surface area contributed by atoms with Gasteiger partial charge in [0.05, 0.1) is 37.1 Å². The zero-order valence-corrected chi connectivity index (χ0v) is 42.1. The van der Waals surface area contributed by atoms with Gasteiger partial charge >= 0.3 is 35.8 Å². The highest BCUT2D eigenvalue weighted by Gasteiger charge is 2.35. The van der Waals surface area contributed by atoms with Gasteiger partial charge in [-0.15, -0.1) is 0 Å². The molecular formula is C50H88O15. The minimum atomic E-state index is -0.479. The Morgan fingerprint density at radius 3 is 1.15 bits per heavy atom. The molecule has 65 heavy (non-hydrogen) atoms. The van der Waals surface area contributed by atoms with Crippen molar-refractivity contribution in [1.29, 1.82) is 0 Å². The Kier molecular flexibility index (Phi) is 29.8. The molecule has 3 rings (SSSR count). The van der Waals surface area contributed by atoms with Crippen molar-refractivity contribution in [3.8, 4) is 0 Å². The van der Waals surface area contributed by atoms with Crippen LogP contribution in [-0.2, 0) is 71.4 Å². The van der Waals surface area contributed by atoms with E-state index in [1.807, 2.05) is 62.3 Å². The molecule has 3 aliphatic carbocycles. The molecule has 0 saturated heterocycles. The predicted octanol–water partition coefficient (Wildman–Crippen LogP) is 9.36. The summed E-state index contributed by atoms with van der Waals surface area (Å²) >= 11 is 0. The first-order valence-corrected chi connectivity index (χ1v) is 24.7. The van der Waals surface area contributed by atoms with Crippen LogP contribution in [0.15, 0.2) is 0 Å². The molecule has 0 amide bonds. The van der Waals surface area contributed by atoms with Crippen molar-refractivity contribution in [3.63, 3.8) is 0 Å². The Balaban J connectivity index is 0.000000488. The van der Waals surface area contributed by atoms with Gasteiger partial charge < -0.3 is 42.6 Å². The molecule has 0 aromatic rings. The number of hydrogen-bond donors (Lipinski definition) is 0. The summed E-state index contributed by atoms with van der Waals surface area (Å²) in [6.07, 6.45) is 19.0. The van der Waals surface area contributed by atoms with E-state index < -0.39 is 5.41 Å². The Hall–Kier alpha value is -3.30. The van der Waals surface area contributed by atoms with Crippen molar-refractivity contribution in [2.24, 2.45) is 17.3 Å². The molecule has 2 unspecified atom stereocenters. The fraction of sp³-hybridized carbons (Fsp3) is 0.880. The minimum absolute atomic E-state index is 0.0868. The van der Waals surface area contributed by atoms with Crippen LogP contribution >= 0.6 is 0 Å². The normalized spacial score (nSPS) is 18.4. The molecule has 0 N–H and O–H groups in total. The summed E-state index contributed by atoms with van der Waals surface area (Å²) in [5.41, 5.74) is -1.44. The lowest BCUT2D eigenvalue weighted by atomic mass is 9.83. The summed E-state index contributed by atoms with van der Waals surface area (Å²) in [4.78, 5) is 69.9. The third-order valence-corrected chi connectivity index (χ3v) is 12.8. The molecule has 15 nitrogen and oxygen atoms in total. The minimum Gasteiger partial charge on any atom is -0.463 e. The van der Waals surface area contributed by atoms with Gasteiger partial charge in [0.25, 0.3) is 0 Å². The van der Waals surface area contributed by atoms with Crippen molar-refractivity contribution < 1.29 is 71.4 Å². The van der Waals surface area contributed by atoms with Crippen LogP contribution in [0, 0.1) is 17.3 Å². The number of carbonyl (C=O) groups excluding carboxylic acids is 6. The number of rotatable bonds is 25. The SMILES string of the molecule is CCC(C)C(=O)OCCOCC(=O)OC1(C)CCCCC1.CCC(C)C(=O)OCCOCC(=O)OC1(C)CCCCC1.CCC1(OC(=O)COCCOC(=O)C(C)(C)CC)CCCCC1. The second kappa shape index (κ2) is 32.4. The molecule has 3 saturated carbocycles. The smallest absolute Gasteiger partial charge is 0.332 e. The molecule has 0 heterocycles. The van der Waals surface area contributed by atoms with Crippen LogP contribution in [0.2, 0.25) is 0 Å². The third kappa shape index (κ3) is 26.0. The van der Waals surface area contributed by atoms with Crippen molar-refractivity contribution in [1.82, 2.24) is 0 Å². The van der Waals surface area contributed by atoms with Crippen LogP contribution in [-0.4, -0.2) is 112 Å². The monoisotopic (exact) mass is 929 g/mol. The number of hydrogen-bond acceptors (Lipinski definition) is 15. The van der Waals surface area contributed by atoms with E-state index in [-0.39, 0.29) is 124 Å². The lowest BCUT2D eigenvalue weighted by Gasteiger charge is -2.35. The molecule has 0 radical (unpaired) electrons. The third-order valence-electron chi connectivity index (χ3n) is 12.8. The fourth-order valence-corrected chi connectivity index (χ4v) is 7.43. The molecule has 15 heteroatoms. The van der Waals surface area contributed by atoms with Crippen LogP contribution in [0.5, 0.6) is 0 Å². The lowest BCUT2D eigenvalue weighted by molar-refractivity contribution is -0.170. The molecule has 0 bridgehead atoms. The van der Waals surface area contributed by atoms with Gasteiger partial charge in [-0.2, -0.15) is 0 Å². The van der Waals surface area contributed by atoms with Gasteiger partial charge in [0.1, 0.15) is 56.4 Å². The molecule has 0 aliphatic heterocycles. The molecule has 3 fully saturated rings. The Morgan fingerprint density at radius 2 is 0.815 bits per heavy atom. The van der Waals surface area contributed by atoms with E-state index in [4.69, 9.17) is 42.6 Å². The second-order valence-corrected chi connectivity index (χ2v) is 19.0. The Morgan fingerprint density at radius 1 is 0.477 bits per heavy atom. The van der Waals surface area contributed by atoms with Gasteiger partial charge in [0.15, 0.2) is 0 Å². The van der Waals surface area contributed by atoms with Gasteiger partial charge in [0, 0.05) is 0 Å². The van der Waals surface area contributed by atoms with Crippen LogP contribution < -0.4 is 0 Å². The van der Waals surface area contributed by atoms with Crippen LogP contribution in [0.25, 0.3) is 0 Å². The maximum Gasteiger partial charge on any atom is 0.332 e. The summed E-state index contributed by atoms with van der Waals surface area (Å²) in [5, 5.41) is 0. The van der Waals surface area contributed by atoms with Crippen LogP contribution in [0.1, 0.15) is 191 Å². The molecule has 0 spiro atoms. The van der Waals surface area contributed by atoms with E-state index in [9.17, 15) is 28.8 Å². The van der Waals surface area contributed by atoms with Crippen LogP contribution in [0.4, 0.5) is 0 Å². The van der Waals surface area contributed by atoms with Crippen molar-refractivity contribution in [2.75, 3.05) is 59.5 Å². The molecule has 3 aliphatic rings. The Labute approximate surface area is 391 Å². The first kappa shape index (κ1) is 59.7. The average molecular weight is 929 g/mol. The second-order valence-electron chi connectivity index (χ2n) is 19.0. The number of carbonyl (C=O) groups is 6. The lowest BCUT2D eigenvalue weighted by Crippen LogP contribution is -2.37. The molecule has 2 atom stereocenters. The van der Waals surface area contributed by atoms with Crippen molar-refractivity contribution >= 4 is 35.8 Å². The highest BCUT2D eigenvalue weighted by atomic mass is 16.6. The van der Waals surface area contributed by atoms with Gasteiger partial charge in [-0.25, -0.2) is 14.4 Å². The highest BCUT2D eigenvalue weighted by Crippen LogP contribution is 2.35. The highest BCUT2D eigenvalue weighted by molar-refractivity contribution is 5.76. The average Bonchev–Trinajstić information content (AvgIpc) is 3.28. The zero-order chi connectivity index (χ0) is 48.8. The molecule has 0 aromatic carbocycles. The maximum absolute atomic E-state index is 11.9. The zero-order valence-electron chi connectivity index (χ0n) is 42.1. The van der Waals surface area contributed by atoms with Crippen molar-refractivity contribution in [2.45, 2.75) is 208 Å². The molecule has 0 aromatic heterocycles. The predicted molar refractivity (Wildman–Crippen MR) is 246 cm³/mol. The van der Waals surface area contributed by atoms with E-state index in [2.05, 4.69) is 6.92 Å². The molecular weight excluding hydrogens is 841 g/mol. The Bertz CT molecular complexity index is 1310. The van der Waals surface area contributed by atoms with E-state index in [1.54, 1.807) is 0 Å². The van der Waals surface area contributed by atoms with Gasteiger partial charge in [0.2, 0.25) is 0 Å². The summed E-state index contributed by atoms with van der Waals surface area (Å²) in [6, 6.07) is 0. The summed E-state index contributed by atoms with van der Waals surface area (Å²) in [5.74, 6) is -1.88. The van der Waals surface area contributed by atoms with Crippen LogP contribution in [0.3, 0.4) is 0 Å².